The van der Waals surface area contributed by atoms with E-state index in [2.05, 4.69) is 26.2 Å². The lowest BCUT2D eigenvalue weighted by atomic mass is 10.1. The lowest BCUT2D eigenvalue weighted by Crippen LogP contribution is -2.03. The van der Waals surface area contributed by atoms with Crippen molar-refractivity contribution in [2.24, 2.45) is 0 Å². The summed E-state index contributed by atoms with van der Waals surface area (Å²) in [5, 5.41) is 12.6. The first-order valence-electron chi connectivity index (χ1n) is 5.39. The summed E-state index contributed by atoms with van der Waals surface area (Å²) in [5.41, 5.74) is 2.26. The van der Waals surface area contributed by atoms with Gasteiger partial charge in [-0.3, -0.25) is 0 Å². The molecule has 98 valence electrons. The van der Waals surface area contributed by atoms with Gasteiger partial charge >= 0.3 is 5.97 Å². The molecule has 0 spiro atoms. The van der Waals surface area contributed by atoms with Gasteiger partial charge in [-0.05, 0) is 52.7 Å². The number of carboxylic acids is 1. The molecular formula is C13H10BrClN2O2. The Morgan fingerprint density at radius 3 is 2.79 bits per heavy atom. The standard InChI is InChI=1S/C13H10BrClN2O2/c1-7-4-9(6-16-12(7)14)17-11-3-2-8(15)5-10(11)13(18)19/h2-6,17H,1H3,(H,18,19). The molecule has 0 atom stereocenters. The van der Waals surface area contributed by atoms with Crippen molar-refractivity contribution in [3.8, 4) is 0 Å². The van der Waals surface area contributed by atoms with E-state index < -0.39 is 5.97 Å². The summed E-state index contributed by atoms with van der Waals surface area (Å²) in [7, 11) is 0. The number of anilines is 2. The molecular weight excluding hydrogens is 332 g/mol. The van der Waals surface area contributed by atoms with Crippen LogP contribution in [0.5, 0.6) is 0 Å². The number of hydrogen-bond donors (Lipinski definition) is 2. The molecule has 0 radical (unpaired) electrons. The van der Waals surface area contributed by atoms with Gasteiger partial charge in [0.2, 0.25) is 0 Å². The molecule has 0 aliphatic rings. The fourth-order valence-electron chi connectivity index (χ4n) is 1.58. The predicted molar refractivity (Wildman–Crippen MR) is 78.4 cm³/mol. The molecule has 0 unspecified atom stereocenters. The molecule has 1 aromatic heterocycles. The second-order valence-electron chi connectivity index (χ2n) is 3.95. The van der Waals surface area contributed by atoms with Gasteiger partial charge in [0.1, 0.15) is 4.60 Å². The van der Waals surface area contributed by atoms with Crippen LogP contribution < -0.4 is 5.32 Å². The molecule has 1 heterocycles. The average molecular weight is 342 g/mol. The van der Waals surface area contributed by atoms with Crippen LogP contribution in [0.25, 0.3) is 0 Å². The zero-order valence-electron chi connectivity index (χ0n) is 9.95. The van der Waals surface area contributed by atoms with Crippen molar-refractivity contribution in [1.29, 1.82) is 0 Å². The van der Waals surface area contributed by atoms with Crippen LogP contribution in [-0.4, -0.2) is 16.1 Å². The topological polar surface area (TPSA) is 62.2 Å². The second kappa shape index (κ2) is 5.59. The van der Waals surface area contributed by atoms with Gasteiger partial charge in [0.05, 0.1) is 23.1 Å². The zero-order valence-corrected chi connectivity index (χ0v) is 12.3. The first kappa shape index (κ1) is 13.8. The number of hydrogen-bond acceptors (Lipinski definition) is 3. The molecule has 2 N–H and O–H groups in total. The van der Waals surface area contributed by atoms with Crippen LogP contribution in [0.15, 0.2) is 35.1 Å². The number of nitrogens with zero attached hydrogens (tertiary/aromatic N) is 1. The summed E-state index contributed by atoms with van der Waals surface area (Å²) in [6.07, 6.45) is 1.62. The Morgan fingerprint density at radius 2 is 2.16 bits per heavy atom. The third-order valence-electron chi connectivity index (χ3n) is 2.51. The van der Waals surface area contributed by atoms with Gasteiger partial charge in [0, 0.05) is 5.02 Å². The van der Waals surface area contributed by atoms with E-state index in [-0.39, 0.29) is 5.56 Å². The minimum atomic E-state index is -1.04. The number of halogens is 2. The molecule has 6 heteroatoms. The number of carbonyl (C=O) groups is 1. The largest absolute Gasteiger partial charge is 0.478 e. The van der Waals surface area contributed by atoms with E-state index in [9.17, 15) is 4.79 Å². The van der Waals surface area contributed by atoms with Crippen molar-refractivity contribution in [2.45, 2.75) is 6.92 Å². The van der Waals surface area contributed by atoms with Crippen molar-refractivity contribution < 1.29 is 9.90 Å². The third-order valence-corrected chi connectivity index (χ3v) is 3.57. The van der Waals surface area contributed by atoms with Gasteiger partial charge in [0.25, 0.3) is 0 Å². The van der Waals surface area contributed by atoms with Crippen LogP contribution >= 0.6 is 27.5 Å². The molecule has 0 bridgehead atoms. The van der Waals surface area contributed by atoms with E-state index in [0.29, 0.717) is 16.4 Å². The maximum absolute atomic E-state index is 11.2. The Labute approximate surface area is 123 Å². The Balaban J connectivity index is 2.37. The summed E-state index contributed by atoms with van der Waals surface area (Å²) in [6, 6.07) is 6.54. The fourth-order valence-corrected chi connectivity index (χ4v) is 1.97. The van der Waals surface area contributed by atoms with E-state index in [4.69, 9.17) is 16.7 Å². The van der Waals surface area contributed by atoms with Gasteiger partial charge < -0.3 is 10.4 Å². The van der Waals surface area contributed by atoms with Crippen molar-refractivity contribution >= 4 is 44.9 Å². The predicted octanol–water partition coefficient (Wildman–Crippen LogP) is 4.25. The molecule has 2 rings (SSSR count). The molecule has 0 aliphatic carbocycles. The molecule has 19 heavy (non-hydrogen) atoms. The molecule has 0 amide bonds. The minimum absolute atomic E-state index is 0.119. The lowest BCUT2D eigenvalue weighted by Gasteiger charge is -2.10. The summed E-state index contributed by atoms with van der Waals surface area (Å²) in [6.45, 7) is 1.90. The van der Waals surface area contributed by atoms with Crippen molar-refractivity contribution in [3.63, 3.8) is 0 Å². The molecule has 2 aromatic rings. The highest BCUT2D eigenvalue weighted by molar-refractivity contribution is 9.10. The fraction of sp³-hybridized carbons (Fsp3) is 0.0769. The lowest BCUT2D eigenvalue weighted by molar-refractivity contribution is 0.0698. The Bertz CT molecular complexity index is 647. The van der Waals surface area contributed by atoms with Gasteiger partial charge in [-0.25, -0.2) is 9.78 Å². The van der Waals surface area contributed by atoms with E-state index >= 15 is 0 Å². The first-order valence-corrected chi connectivity index (χ1v) is 6.56. The summed E-state index contributed by atoms with van der Waals surface area (Å²) in [5.74, 6) is -1.04. The average Bonchev–Trinajstić information content (AvgIpc) is 2.36. The van der Waals surface area contributed by atoms with Gasteiger partial charge in [-0.1, -0.05) is 11.6 Å². The Kier molecular flexibility index (Phi) is 4.07. The molecule has 0 saturated carbocycles. The van der Waals surface area contributed by atoms with E-state index in [1.165, 1.54) is 6.07 Å². The number of nitrogens with one attached hydrogen (secondary N) is 1. The van der Waals surface area contributed by atoms with Crippen LogP contribution in [-0.2, 0) is 0 Å². The van der Waals surface area contributed by atoms with Crippen LogP contribution in [0.3, 0.4) is 0 Å². The smallest absolute Gasteiger partial charge is 0.337 e. The van der Waals surface area contributed by atoms with Gasteiger partial charge in [-0.15, -0.1) is 0 Å². The minimum Gasteiger partial charge on any atom is -0.478 e. The normalized spacial score (nSPS) is 10.3. The Morgan fingerprint density at radius 1 is 1.42 bits per heavy atom. The van der Waals surface area contributed by atoms with Crippen LogP contribution in [0.4, 0.5) is 11.4 Å². The maximum Gasteiger partial charge on any atom is 0.337 e. The van der Waals surface area contributed by atoms with E-state index in [0.717, 1.165) is 10.2 Å². The monoisotopic (exact) mass is 340 g/mol. The molecule has 0 saturated heterocycles. The quantitative estimate of drug-likeness (QED) is 0.819. The van der Waals surface area contributed by atoms with Gasteiger partial charge in [0.15, 0.2) is 0 Å². The number of benzene rings is 1. The van der Waals surface area contributed by atoms with Crippen LogP contribution in [0, 0.1) is 6.92 Å². The zero-order chi connectivity index (χ0) is 14.0. The molecule has 1 aromatic carbocycles. The van der Waals surface area contributed by atoms with Crippen LogP contribution in [0.2, 0.25) is 5.02 Å². The van der Waals surface area contributed by atoms with Crippen molar-refractivity contribution in [2.75, 3.05) is 5.32 Å². The number of aryl methyl sites for hydroxylation is 1. The SMILES string of the molecule is Cc1cc(Nc2ccc(Cl)cc2C(=O)O)cnc1Br. The number of rotatable bonds is 3. The third kappa shape index (κ3) is 3.24. The number of aromatic carboxylic acids is 1. The van der Waals surface area contributed by atoms with Crippen LogP contribution in [0.1, 0.15) is 15.9 Å². The summed E-state index contributed by atoms with van der Waals surface area (Å²) >= 11 is 9.11. The van der Waals surface area contributed by atoms with E-state index in [1.54, 1.807) is 18.3 Å². The summed E-state index contributed by atoms with van der Waals surface area (Å²) < 4.78 is 0.757. The maximum atomic E-state index is 11.2. The second-order valence-corrected chi connectivity index (χ2v) is 5.14. The highest BCUT2D eigenvalue weighted by Crippen LogP contribution is 2.25. The number of carboxylic acid groups (broad SMARTS) is 1. The van der Waals surface area contributed by atoms with Gasteiger partial charge in [-0.2, -0.15) is 0 Å². The number of pyridine rings is 1. The Hall–Kier alpha value is -1.59. The summed E-state index contributed by atoms with van der Waals surface area (Å²) in [4.78, 5) is 15.3. The van der Waals surface area contributed by atoms with Crippen molar-refractivity contribution in [1.82, 2.24) is 4.98 Å². The highest BCUT2D eigenvalue weighted by atomic mass is 79.9. The first-order chi connectivity index (χ1) is 8.97. The highest BCUT2D eigenvalue weighted by Gasteiger charge is 2.11. The number of aromatic nitrogens is 1. The molecule has 0 fully saturated rings. The van der Waals surface area contributed by atoms with E-state index in [1.807, 2.05) is 13.0 Å². The van der Waals surface area contributed by atoms with Crippen molar-refractivity contribution in [3.05, 3.63) is 51.2 Å². The molecule has 4 nitrogen and oxygen atoms in total. The molecule has 0 aliphatic heterocycles.